The van der Waals surface area contributed by atoms with Crippen LogP contribution in [0.1, 0.15) is 0 Å². The molecule has 9 nitrogen and oxygen atoms in total. The summed E-state index contributed by atoms with van der Waals surface area (Å²) in [6.07, 6.45) is 8.62. The summed E-state index contributed by atoms with van der Waals surface area (Å²) in [6.45, 7) is 3.21. The zero-order valence-electron chi connectivity index (χ0n) is 16.2. The Kier molecular flexibility index (Phi) is 5.01. The molecule has 1 saturated heterocycles. The van der Waals surface area contributed by atoms with Crippen LogP contribution < -0.4 is 10.2 Å². The first-order valence-electron chi connectivity index (χ1n) is 9.68. The third-order valence-electron chi connectivity index (χ3n) is 4.86. The maximum atomic E-state index is 5.44. The number of nitrogens with one attached hydrogen (secondary N) is 1. The van der Waals surface area contributed by atoms with Gasteiger partial charge in [0.15, 0.2) is 0 Å². The van der Waals surface area contributed by atoms with Crippen molar-refractivity contribution in [2.45, 2.75) is 0 Å². The maximum absolute atomic E-state index is 5.44. The number of nitrogens with zero attached hydrogens (tertiary/aromatic N) is 7. The van der Waals surface area contributed by atoms with E-state index in [9.17, 15) is 0 Å². The summed E-state index contributed by atoms with van der Waals surface area (Å²) in [4.78, 5) is 19.7. The lowest BCUT2D eigenvalue weighted by Gasteiger charge is -2.28. The van der Waals surface area contributed by atoms with Gasteiger partial charge in [0, 0.05) is 36.7 Å². The molecule has 0 bridgehead atoms. The van der Waals surface area contributed by atoms with Gasteiger partial charge in [-0.1, -0.05) is 0 Å². The highest BCUT2D eigenvalue weighted by molar-refractivity contribution is 5.66. The number of rotatable bonds is 5. The zero-order chi connectivity index (χ0) is 20.2. The first-order valence-corrected chi connectivity index (χ1v) is 9.68. The molecule has 30 heavy (non-hydrogen) atoms. The topological polar surface area (TPSA) is 93.9 Å². The Morgan fingerprint density at radius 1 is 0.933 bits per heavy atom. The fourth-order valence-electron chi connectivity index (χ4n) is 3.31. The largest absolute Gasteiger partial charge is 0.378 e. The summed E-state index contributed by atoms with van der Waals surface area (Å²) in [5.74, 6) is 0.526. The van der Waals surface area contributed by atoms with Crippen LogP contribution in [-0.2, 0) is 4.74 Å². The zero-order valence-corrected chi connectivity index (χ0v) is 16.2. The van der Waals surface area contributed by atoms with Gasteiger partial charge in [-0.3, -0.25) is 4.98 Å². The fraction of sp³-hybridized carbons (Fsp3) is 0.190. The Balaban J connectivity index is 1.34. The van der Waals surface area contributed by atoms with Gasteiger partial charge >= 0.3 is 0 Å². The third-order valence-corrected chi connectivity index (χ3v) is 4.86. The van der Waals surface area contributed by atoms with Gasteiger partial charge in [-0.2, -0.15) is 5.10 Å². The molecule has 0 aliphatic carbocycles. The predicted molar refractivity (Wildman–Crippen MR) is 113 cm³/mol. The molecule has 1 aliphatic heterocycles. The van der Waals surface area contributed by atoms with E-state index in [1.165, 1.54) is 6.33 Å². The highest BCUT2D eigenvalue weighted by Gasteiger charge is 2.13. The number of benzene rings is 1. The Hall–Kier alpha value is -3.85. The first-order chi connectivity index (χ1) is 14.8. The standard InChI is InChI=1S/C21H20N8O/c1-3-18(29-15-23-14-25-29)4-2-17(1)26-21-24-6-5-20(27-21)16-11-19(13-22-12-16)28-7-9-30-10-8-28/h1-6,11-15H,7-10H2,(H,24,26,27). The Labute approximate surface area is 173 Å². The summed E-state index contributed by atoms with van der Waals surface area (Å²) in [5.41, 5.74) is 4.66. The molecule has 0 unspecified atom stereocenters. The van der Waals surface area contributed by atoms with Gasteiger partial charge < -0.3 is 15.0 Å². The van der Waals surface area contributed by atoms with Crippen molar-refractivity contribution in [2.75, 3.05) is 36.5 Å². The highest BCUT2D eigenvalue weighted by atomic mass is 16.5. The van der Waals surface area contributed by atoms with Crippen LogP contribution >= 0.6 is 0 Å². The SMILES string of the molecule is c1cc(-c2cncc(N3CCOCC3)c2)nc(Nc2ccc(-n3cncn3)cc2)n1. The van der Waals surface area contributed by atoms with E-state index in [1.54, 1.807) is 17.2 Å². The van der Waals surface area contributed by atoms with Crippen LogP contribution in [-0.4, -0.2) is 56.0 Å². The number of hydrogen-bond donors (Lipinski definition) is 1. The average Bonchev–Trinajstić information content (AvgIpc) is 3.36. The molecular formula is C21H20N8O. The van der Waals surface area contributed by atoms with E-state index in [4.69, 9.17) is 4.74 Å². The number of hydrogen-bond acceptors (Lipinski definition) is 8. The molecule has 1 fully saturated rings. The quantitative estimate of drug-likeness (QED) is 0.547. The van der Waals surface area contributed by atoms with Crippen LogP contribution in [0.4, 0.5) is 17.3 Å². The van der Waals surface area contributed by atoms with Gasteiger partial charge in [-0.05, 0) is 36.4 Å². The average molecular weight is 400 g/mol. The van der Waals surface area contributed by atoms with Crippen LogP contribution in [0.25, 0.3) is 16.9 Å². The molecule has 9 heteroatoms. The van der Waals surface area contributed by atoms with Crippen LogP contribution in [0.3, 0.4) is 0 Å². The van der Waals surface area contributed by atoms with Crippen LogP contribution in [0.5, 0.6) is 0 Å². The fourth-order valence-corrected chi connectivity index (χ4v) is 3.31. The Morgan fingerprint density at radius 2 is 1.80 bits per heavy atom. The molecule has 1 N–H and O–H groups in total. The number of morpholine rings is 1. The minimum absolute atomic E-state index is 0.526. The van der Waals surface area contributed by atoms with Crippen molar-refractivity contribution in [3.05, 3.63) is 67.6 Å². The van der Waals surface area contributed by atoms with Crippen molar-refractivity contribution in [1.29, 1.82) is 0 Å². The lowest BCUT2D eigenvalue weighted by molar-refractivity contribution is 0.122. The van der Waals surface area contributed by atoms with Crippen LogP contribution in [0.2, 0.25) is 0 Å². The summed E-state index contributed by atoms with van der Waals surface area (Å²) in [5, 5.41) is 7.38. The van der Waals surface area contributed by atoms with E-state index < -0.39 is 0 Å². The van der Waals surface area contributed by atoms with E-state index in [1.807, 2.05) is 42.7 Å². The predicted octanol–water partition coefficient (Wildman–Crippen LogP) is 2.70. The Bertz CT molecular complexity index is 1110. The number of anilines is 3. The van der Waals surface area contributed by atoms with E-state index in [2.05, 4.69) is 41.3 Å². The second-order valence-electron chi connectivity index (χ2n) is 6.81. The van der Waals surface area contributed by atoms with Crippen molar-refractivity contribution in [3.63, 3.8) is 0 Å². The number of aromatic nitrogens is 6. The molecule has 4 heterocycles. The Morgan fingerprint density at radius 3 is 2.60 bits per heavy atom. The molecule has 5 rings (SSSR count). The number of pyridine rings is 1. The monoisotopic (exact) mass is 400 g/mol. The lowest BCUT2D eigenvalue weighted by atomic mass is 10.2. The van der Waals surface area contributed by atoms with E-state index in [-0.39, 0.29) is 0 Å². The van der Waals surface area contributed by atoms with Crippen molar-refractivity contribution < 1.29 is 4.74 Å². The third kappa shape index (κ3) is 3.96. The van der Waals surface area contributed by atoms with Gasteiger partial charge in [0.25, 0.3) is 0 Å². The number of ether oxygens (including phenoxy) is 1. The molecule has 0 atom stereocenters. The normalized spacial score (nSPS) is 13.9. The van der Waals surface area contributed by atoms with Crippen molar-refractivity contribution in [3.8, 4) is 16.9 Å². The maximum Gasteiger partial charge on any atom is 0.227 e. The molecule has 0 spiro atoms. The summed E-state index contributed by atoms with van der Waals surface area (Å²) < 4.78 is 7.14. The smallest absolute Gasteiger partial charge is 0.227 e. The molecule has 1 aliphatic rings. The molecule has 150 valence electrons. The molecule has 1 aromatic carbocycles. The van der Waals surface area contributed by atoms with Gasteiger partial charge in [-0.15, -0.1) is 0 Å². The molecular weight excluding hydrogens is 380 g/mol. The minimum Gasteiger partial charge on any atom is -0.378 e. The summed E-state index contributed by atoms with van der Waals surface area (Å²) in [7, 11) is 0. The second-order valence-corrected chi connectivity index (χ2v) is 6.81. The summed E-state index contributed by atoms with van der Waals surface area (Å²) in [6, 6.07) is 11.8. The van der Waals surface area contributed by atoms with E-state index >= 15 is 0 Å². The van der Waals surface area contributed by atoms with Crippen molar-refractivity contribution >= 4 is 17.3 Å². The first kappa shape index (κ1) is 18.2. The van der Waals surface area contributed by atoms with Gasteiger partial charge in [0.1, 0.15) is 12.7 Å². The van der Waals surface area contributed by atoms with Crippen LogP contribution in [0.15, 0.2) is 67.6 Å². The lowest BCUT2D eigenvalue weighted by Crippen LogP contribution is -2.36. The molecule has 3 aromatic heterocycles. The van der Waals surface area contributed by atoms with Gasteiger partial charge in [-0.25, -0.2) is 19.6 Å². The van der Waals surface area contributed by atoms with E-state index in [0.29, 0.717) is 5.95 Å². The van der Waals surface area contributed by atoms with Crippen molar-refractivity contribution in [1.82, 2.24) is 29.7 Å². The molecule has 0 amide bonds. The van der Waals surface area contributed by atoms with Gasteiger partial charge in [0.05, 0.1) is 36.5 Å². The molecule has 0 saturated carbocycles. The van der Waals surface area contributed by atoms with Crippen LogP contribution in [0, 0.1) is 0 Å². The van der Waals surface area contributed by atoms with E-state index in [0.717, 1.165) is 54.6 Å². The molecule has 0 radical (unpaired) electrons. The summed E-state index contributed by atoms with van der Waals surface area (Å²) >= 11 is 0. The highest BCUT2D eigenvalue weighted by Crippen LogP contribution is 2.24. The van der Waals surface area contributed by atoms with Gasteiger partial charge in [0.2, 0.25) is 5.95 Å². The minimum atomic E-state index is 0.526. The van der Waals surface area contributed by atoms with Crippen molar-refractivity contribution in [2.24, 2.45) is 0 Å². The molecule has 4 aromatic rings. The second kappa shape index (κ2) is 8.26.